The maximum atomic E-state index is 6.17. The average Bonchev–Trinajstić information content (AvgIpc) is 2.45. The number of nitrogens with two attached hydrogens (primary N) is 1. The summed E-state index contributed by atoms with van der Waals surface area (Å²) < 4.78 is 11.5. The van der Waals surface area contributed by atoms with Gasteiger partial charge in [0.1, 0.15) is 6.61 Å². The monoisotopic (exact) mass is 292 g/mol. The van der Waals surface area contributed by atoms with E-state index >= 15 is 0 Å². The van der Waals surface area contributed by atoms with Crippen molar-refractivity contribution in [1.82, 2.24) is 4.90 Å². The fourth-order valence-corrected chi connectivity index (χ4v) is 2.80. The lowest BCUT2D eigenvalue weighted by molar-refractivity contribution is 0.0826. The van der Waals surface area contributed by atoms with E-state index in [2.05, 4.69) is 18.7 Å². The van der Waals surface area contributed by atoms with Gasteiger partial charge in [0.2, 0.25) is 0 Å². The predicted octanol–water partition coefficient (Wildman–Crippen LogP) is 2.52. The molecule has 2 rings (SSSR count). The van der Waals surface area contributed by atoms with Gasteiger partial charge in [-0.15, -0.1) is 0 Å². The minimum atomic E-state index is 0.182. The Labute approximate surface area is 128 Å². The lowest BCUT2D eigenvalue weighted by atomic mass is 9.80. The van der Waals surface area contributed by atoms with Crippen molar-refractivity contribution < 1.29 is 9.47 Å². The van der Waals surface area contributed by atoms with Crippen LogP contribution in [-0.2, 0) is 0 Å². The van der Waals surface area contributed by atoms with Gasteiger partial charge in [-0.25, -0.2) is 0 Å². The molecule has 1 heterocycles. The van der Waals surface area contributed by atoms with Gasteiger partial charge in [-0.3, -0.25) is 4.90 Å². The van der Waals surface area contributed by atoms with E-state index in [0.29, 0.717) is 19.3 Å². The third-order valence-corrected chi connectivity index (χ3v) is 4.21. The Morgan fingerprint density at radius 1 is 1.24 bits per heavy atom. The molecular formula is C17H28N2O2. The van der Waals surface area contributed by atoms with Crippen LogP contribution in [0.5, 0.6) is 11.5 Å². The summed E-state index contributed by atoms with van der Waals surface area (Å²) in [6, 6.07) is 8.14. The van der Waals surface area contributed by atoms with Crippen molar-refractivity contribution in [1.29, 1.82) is 0 Å². The van der Waals surface area contributed by atoms with Crippen LogP contribution in [0.15, 0.2) is 24.3 Å². The number of piperidine rings is 1. The smallest absolute Gasteiger partial charge is 0.161 e. The van der Waals surface area contributed by atoms with Crippen LogP contribution in [0.25, 0.3) is 0 Å². The van der Waals surface area contributed by atoms with Crippen molar-refractivity contribution >= 4 is 0 Å². The molecule has 1 aromatic rings. The van der Waals surface area contributed by atoms with Crippen molar-refractivity contribution in [3.8, 4) is 11.5 Å². The highest BCUT2D eigenvalue weighted by Gasteiger charge is 2.33. The summed E-state index contributed by atoms with van der Waals surface area (Å²) in [5, 5.41) is 0. The third kappa shape index (κ3) is 4.35. The van der Waals surface area contributed by atoms with Gasteiger partial charge < -0.3 is 15.2 Å². The number of benzene rings is 1. The maximum absolute atomic E-state index is 6.17. The van der Waals surface area contributed by atoms with Gasteiger partial charge >= 0.3 is 0 Å². The molecule has 0 aromatic heterocycles. The molecule has 0 radical (unpaired) electrons. The molecule has 4 heteroatoms. The number of rotatable bonds is 6. The molecule has 4 nitrogen and oxygen atoms in total. The summed E-state index contributed by atoms with van der Waals surface area (Å²) >= 11 is 0. The fourth-order valence-electron chi connectivity index (χ4n) is 2.80. The van der Waals surface area contributed by atoms with Crippen LogP contribution in [-0.4, -0.2) is 43.8 Å². The van der Waals surface area contributed by atoms with Gasteiger partial charge in [-0.1, -0.05) is 26.0 Å². The average molecular weight is 292 g/mol. The fraction of sp³-hybridized carbons (Fsp3) is 0.647. The van der Waals surface area contributed by atoms with Crippen molar-refractivity contribution in [2.75, 3.05) is 32.8 Å². The van der Waals surface area contributed by atoms with Gasteiger partial charge in [-0.2, -0.15) is 0 Å². The molecule has 1 aromatic carbocycles. The Balaban J connectivity index is 1.82. The van der Waals surface area contributed by atoms with E-state index < -0.39 is 0 Å². The molecule has 1 unspecified atom stereocenters. The molecule has 0 amide bonds. The van der Waals surface area contributed by atoms with E-state index in [4.69, 9.17) is 15.2 Å². The van der Waals surface area contributed by atoms with E-state index in [1.54, 1.807) is 0 Å². The molecule has 1 saturated heterocycles. The summed E-state index contributed by atoms with van der Waals surface area (Å²) in [4.78, 5) is 2.44. The Kier molecular flexibility index (Phi) is 5.48. The molecule has 1 aliphatic heterocycles. The van der Waals surface area contributed by atoms with Crippen molar-refractivity contribution in [2.24, 2.45) is 11.1 Å². The molecule has 118 valence electrons. The summed E-state index contributed by atoms with van der Waals surface area (Å²) in [5.41, 5.74) is 6.36. The second-order valence-corrected chi connectivity index (χ2v) is 6.39. The third-order valence-electron chi connectivity index (χ3n) is 4.21. The number of ether oxygens (including phenoxy) is 2. The second kappa shape index (κ2) is 7.14. The van der Waals surface area contributed by atoms with Gasteiger partial charge in [-0.05, 0) is 37.4 Å². The molecule has 21 heavy (non-hydrogen) atoms. The molecule has 1 fully saturated rings. The van der Waals surface area contributed by atoms with E-state index in [-0.39, 0.29) is 5.41 Å². The first-order valence-electron chi connectivity index (χ1n) is 7.85. The normalized spacial score (nSPS) is 22.0. The highest BCUT2D eigenvalue weighted by Crippen LogP contribution is 2.28. The van der Waals surface area contributed by atoms with Crippen molar-refractivity contribution in [3.63, 3.8) is 0 Å². The number of nitrogens with zero attached hydrogens (tertiary/aromatic N) is 1. The minimum absolute atomic E-state index is 0.182. The van der Waals surface area contributed by atoms with Crippen LogP contribution in [0.2, 0.25) is 0 Å². The molecule has 1 aliphatic rings. The SMILES string of the molecule is CCOc1ccccc1OCCN1CCC(N)C(C)(C)C1. The molecule has 0 aliphatic carbocycles. The Bertz CT molecular complexity index is 448. The van der Waals surface area contributed by atoms with Gasteiger partial charge in [0, 0.05) is 19.1 Å². The minimum Gasteiger partial charge on any atom is -0.490 e. The first-order valence-corrected chi connectivity index (χ1v) is 7.85. The van der Waals surface area contributed by atoms with Crippen LogP contribution in [0.1, 0.15) is 27.2 Å². The predicted molar refractivity (Wildman–Crippen MR) is 85.9 cm³/mol. The zero-order chi connectivity index (χ0) is 15.3. The molecule has 0 saturated carbocycles. The topological polar surface area (TPSA) is 47.7 Å². The highest BCUT2D eigenvalue weighted by molar-refractivity contribution is 5.39. The lowest BCUT2D eigenvalue weighted by Crippen LogP contribution is -2.53. The first kappa shape index (κ1) is 16.1. The van der Waals surface area contributed by atoms with Crippen LogP contribution in [0, 0.1) is 5.41 Å². The van der Waals surface area contributed by atoms with Crippen molar-refractivity contribution in [2.45, 2.75) is 33.2 Å². The zero-order valence-electron chi connectivity index (χ0n) is 13.5. The first-order chi connectivity index (χ1) is 10.0. The Morgan fingerprint density at radius 2 is 1.90 bits per heavy atom. The molecule has 0 bridgehead atoms. The van der Waals surface area contributed by atoms with E-state index in [0.717, 1.165) is 37.6 Å². The number of hydrogen-bond acceptors (Lipinski definition) is 4. The zero-order valence-corrected chi connectivity index (χ0v) is 13.5. The summed E-state index contributed by atoms with van der Waals surface area (Å²) in [6.07, 6.45) is 1.06. The summed E-state index contributed by atoms with van der Waals surface area (Å²) in [6.45, 7) is 10.8. The van der Waals surface area contributed by atoms with Crippen LogP contribution < -0.4 is 15.2 Å². The van der Waals surface area contributed by atoms with E-state index in [1.807, 2.05) is 31.2 Å². The van der Waals surface area contributed by atoms with Crippen LogP contribution >= 0.6 is 0 Å². The van der Waals surface area contributed by atoms with Gasteiger partial charge in [0.05, 0.1) is 6.61 Å². The van der Waals surface area contributed by atoms with Gasteiger partial charge in [0.25, 0.3) is 0 Å². The van der Waals surface area contributed by atoms with Crippen LogP contribution in [0.4, 0.5) is 0 Å². The molecule has 0 spiro atoms. The standard InChI is InChI=1S/C17H28N2O2/c1-4-20-14-7-5-6-8-15(14)21-12-11-19-10-9-16(18)17(2,3)13-19/h5-8,16H,4,9-13,18H2,1-3H3. The molecule has 2 N–H and O–H groups in total. The van der Waals surface area contributed by atoms with E-state index in [9.17, 15) is 0 Å². The van der Waals surface area contributed by atoms with E-state index in [1.165, 1.54) is 0 Å². The molecular weight excluding hydrogens is 264 g/mol. The Morgan fingerprint density at radius 3 is 2.52 bits per heavy atom. The number of likely N-dealkylation sites (tertiary alicyclic amines) is 1. The Hall–Kier alpha value is -1.26. The van der Waals surface area contributed by atoms with Crippen LogP contribution in [0.3, 0.4) is 0 Å². The number of para-hydroxylation sites is 2. The maximum Gasteiger partial charge on any atom is 0.161 e. The second-order valence-electron chi connectivity index (χ2n) is 6.39. The summed E-state index contributed by atoms with van der Waals surface area (Å²) in [7, 11) is 0. The largest absolute Gasteiger partial charge is 0.490 e. The lowest BCUT2D eigenvalue weighted by Gasteiger charge is -2.42. The van der Waals surface area contributed by atoms with Crippen molar-refractivity contribution in [3.05, 3.63) is 24.3 Å². The highest BCUT2D eigenvalue weighted by atomic mass is 16.5. The number of hydrogen-bond donors (Lipinski definition) is 1. The summed E-state index contributed by atoms with van der Waals surface area (Å²) in [5.74, 6) is 1.65. The quantitative estimate of drug-likeness (QED) is 0.875. The van der Waals surface area contributed by atoms with Gasteiger partial charge in [0.15, 0.2) is 11.5 Å². The molecule has 1 atom stereocenters.